The number of aromatic nitrogens is 7. The third-order valence-electron chi connectivity index (χ3n) is 4.67. The molecule has 0 aromatic carbocycles. The van der Waals surface area contributed by atoms with Crippen molar-refractivity contribution in [2.24, 2.45) is 0 Å². The number of rotatable bonds is 6. The average Bonchev–Trinajstić information content (AvgIpc) is 3.35. The monoisotopic (exact) mass is 485 g/mol. The van der Waals surface area contributed by atoms with Gasteiger partial charge in [0, 0.05) is 6.20 Å². The standard InChI is InChI=1S/C19H20BrN9O2/c1-10(2)14-8-31-19(30)29(14)18-24-12(4)23-17(25-18)22-11(3)13-7-28(9-21-13)16-6-5-15(20)26-27-16/h5-7,9,11,14H,1,8H2,2-4H3,(H,22,23,24,25)/t11-,14+/m0/s1. The van der Waals surface area contributed by atoms with Gasteiger partial charge >= 0.3 is 6.09 Å². The molecule has 0 bridgehead atoms. The predicted octanol–water partition coefficient (Wildman–Crippen LogP) is 2.99. The first-order valence-electron chi connectivity index (χ1n) is 9.46. The van der Waals surface area contributed by atoms with Crippen molar-refractivity contribution >= 4 is 33.9 Å². The number of carbonyl (C=O) groups excluding carboxylic acids is 1. The zero-order valence-electron chi connectivity index (χ0n) is 17.2. The Morgan fingerprint density at radius 1 is 1.32 bits per heavy atom. The van der Waals surface area contributed by atoms with Crippen LogP contribution in [0.2, 0.25) is 0 Å². The summed E-state index contributed by atoms with van der Waals surface area (Å²) in [6, 6.07) is 3.10. The summed E-state index contributed by atoms with van der Waals surface area (Å²) in [6.07, 6.45) is 3.00. The number of hydrogen-bond donors (Lipinski definition) is 1. The number of imidazole rings is 1. The van der Waals surface area contributed by atoms with E-state index >= 15 is 0 Å². The second-order valence-corrected chi connectivity index (χ2v) is 7.91. The van der Waals surface area contributed by atoms with Crippen molar-refractivity contribution in [2.45, 2.75) is 32.9 Å². The number of cyclic esters (lactones) is 1. The Morgan fingerprint density at radius 2 is 2.13 bits per heavy atom. The van der Waals surface area contributed by atoms with E-state index < -0.39 is 6.09 Å². The maximum absolute atomic E-state index is 12.2. The van der Waals surface area contributed by atoms with E-state index in [-0.39, 0.29) is 24.6 Å². The molecule has 1 aliphatic rings. The lowest BCUT2D eigenvalue weighted by molar-refractivity contribution is 0.179. The summed E-state index contributed by atoms with van der Waals surface area (Å²) in [7, 11) is 0. The third kappa shape index (κ3) is 4.38. The number of aryl methyl sites for hydroxylation is 1. The second kappa shape index (κ2) is 8.38. The van der Waals surface area contributed by atoms with E-state index in [0.717, 1.165) is 11.3 Å². The molecule has 4 rings (SSSR count). The Kier molecular flexibility index (Phi) is 5.63. The van der Waals surface area contributed by atoms with E-state index in [4.69, 9.17) is 4.74 Å². The first kappa shape index (κ1) is 20.8. The molecule has 11 nitrogen and oxygen atoms in total. The molecule has 1 N–H and O–H groups in total. The number of nitrogens with zero attached hydrogens (tertiary/aromatic N) is 8. The summed E-state index contributed by atoms with van der Waals surface area (Å²) in [4.78, 5) is 31.1. The highest BCUT2D eigenvalue weighted by atomic mass is 79.9. The summed E-state index contributed by atoms with van der Waals surface area (Å²) >= 11 is 3.27. The van der Waals surface area contributed by atoms with Gasteiger partial charge in [-0.05, 0) is 48.8 Å². The first-order valence-corrected chi connectivity index (χ1v) is 10.2. The molecule has 0 radical (unpaired) electrons. The highest BCUT2D eigenvalue weighted by Crippen LogP contribution is 2.25. The Labute approximate surface area is 186 Å². The van der Waals surface area contributed by atoms with Crippen LogP contribution in [-0.2, 0) is 4.74 Å². The van der Waals surface area contributed by atoms with Gasteiger partial charge in [0.15, 0.2) is 5.82 Å². The zero-order chi connectivity index (χ0) is 22.1. The number of nitrogens with one attached hydrogen (secondary N) is 1. The van der Waals surface area contributed by atoms with Gasteiger partial charge in [0.1, 0.15) is 23.4 Å². The quantitative estimate of drug-likeness (QED) is 0.524. The fraction of sp³-hybridized carbons (Fsp3) is 0.316. The van der Waals surface area contributed by atoms with E-state index in [0.29, 0.717) is 22.2 Å². The maximum Gasteiger partial charge on any atom is 0.417 e. The van der Waals surface area contributed by atoms with E-state index in [9.17, 15) is 4.79 Å². The van der Waals surface area contributed by atoms with Crippen molar-refractivity contribution in [1.82, 2.24) is 34.7 Å². The van der Waals surface area contributed by atoms with Crippen LogP contribution < -0.4 is 10.2 Å². The first-order chi connectivity index (χ1) is 14.8. The van der Waals surface area contributed by atoms with Gasteiger partial charge in [-0.2, -0.15) is 15.0 Å². The minimum absolute atomic E-state index is 0.216. The van der Waals surface area contributed by atoms with Gasteiger partial charge in [-0.3, -0.25) is 4.57 Å². The summed E-state index contributed by atoms with van der Waals surface area (Å²) in [5.41, 5.74) is 1.54. The van der Waals surface area contributed by atoms with Crippen LogP contribution in [0.4, 0.5) is 16.7 Å². The average molecular weight is 486 g/mol. The van der Waals surface area contributed by atoms with Gasteiger partial charge < -0.3 is 10.1 Å². The SMILES string of the molecule is C=C(C)[C@H]1COC(=O)N1c1nc(C)nc(N[C@@H](C)c2cn(-c3ccc(Br)nn3)cn2)n1. The van der Waals surface area contributed by atoms with Crippen LogP contribution in [0.25, 0.3) is 5.82 Å². The molecule has 0 unspecified atom stereocenters. The number of anilines is 2. The molecule has 1 saturated heterocycles. The summed E-state index contributed by atoms with van der Waals surface area (Å²) in [5.74, 6) is 1.66. The zero-order valence-corrected chi connectivity index (χ0v) is 18.7. The number of hydrogen-bond acceptors (Lipinski definition) is 9. The van der Waals surface area contributed by atoms with Crippen molar-refractivity contribution in [2.75, 3.05) is 16.8 Å². The van der Waals surface area contributed by atoms with E-state index in [2.05, 4.69) is 58.0 Å². The summed E-state index contributed by atoms with van der Waals surface area (Å²) < 4.78 is 7.58. The molecule has 160 valence electrons. The van der Waals surface area contributed by atoms with Crippen LogP contribution in [0.3, 0.4) is 0 Å². The molecule has 0 aliphatic carbocycles. The highest BCUT2D eigenvalue weighted by Gasteiger charge is 2.37. The molecule has 0 saturated carbocycles. The molecule has 2 atom stereocenters. The topological polar surface area (TPSA) is 124 Å². The number of amides is 1. The molecule has 4 heterocycles. The molecule has 1 amide bonds. The van der Waals surface area contributed by atoms with Crippen LogP contribution in [0.15, 0.2) is 41.4 Å². The van der Waals surface area contributed by atoms with E-state index in [1.165, 1.54) is 4.90 Å². The second-order valence-electron chi connectivity index (χ2n) is 7.10. The van der Waals surface area contributed by atoms with Crippen molar-refractivity contribution in [3.8, 4) is 5.82 Å². The van der Waals surface area contributed by atoms with Crippen LogP contribution in [-0.4, -0.2) is 53.4 Å². The predicted molar refractivity (Wildman–Crippen MR) is 116 cm³/mol. The molecule has 1 fully saturated rings. The van der Waals surface area contributed by atoms with Crippen molar-refractivity contribution in [3.05, 3.63) is 52.9 Å². The molecule has 31 heavy (non-hydrogen) atoms. The normalized spacial score (nSPS) is 16.8. The minimum atomic E-state index is -0.507. The highest BCUT2D eigenvalue weighted by molar-refractivity contribution is 9.10. The van der Waals surface area contributed by atoms with Crippen LogP contribution in [0.1, 0.15) is 31.4 Å². The van der Waals surface area contributed by atoms with Gasteiger partial charge in [-0.1, -0.05) is 12.2 Å². The Morgan fingerprint density at radius 3 is 2.84 bits per heavy atom. The van der Waals surface area contributed by atoms with Gasteiger partial charge in [0.25, 0.3) is 0 Å². The van der Waals surface area contributed by atoms with Crippen molar-refractivity contribution in [3.63, 3.8) is 0 Å². The molecule has 0 spiro atoms. The van der Waals surface area contributed by atoms with Gasteiger partial charge in [0.2, 0.25) is 11.9 Å². The molecular formula is C19H20BrN9O2. The van der Waals surface area contributed by atoms with Crippen molar-refractivity contribution < 1.29 is 9.53 Å². The number of ether oxygens (including phenoxy) is 1. The Hall–Kier alpha value is -3.41. The van der Waals surface area contributed by atoms with Crippen LogP contribution in [0, 0.1) is 6.92 Å². The molecule has 1 aliphatic heterocycles. The summed E-state index contributed by atoms with van der Waals surface area (Å²) in [5, 5.41) is 11.3. The van der Waals surface area contributed by atoms with Crippen LogP contribution in [0.5, 0.6) is 0 Å². The lowest BCUT2D eigenvalue weighted by Gasteiger charge is -2.20. The summed E-state index contributed by atoms with van der Waals surface area (Å²) in [6.45, 7) is 9.65. The fourth-order valence-electron chi connectivity index (χ4n) is 3.05. The minimum Gasteiger partial charge on any atom is -0.447 e. The molecular weight excluding hydrogens is 466 g/mol. The Bertz CT molecular complexity index is 1130. The number of carbonyl (C=O) groups is 1. The van der Waals surface area contributed by atoms with Gasteiger partial charge in [-0.15, -0.1) is 10.2 Å². The van der Waals surface area contributed by atoms with E-state index in [1.807, 2.05) is 26.1 Å². The molecule has 12 heteroatoms. The lowest BCUT2D eigenvalue weighted by atomic mass is 10.1. The fourth-order valence-corrected chi connectivity index (χ4v) is 3.26. The molecule has 3 aromatic heterocycles. The number of halogens is 1. The van der Waals surface area contributed by atoms with E-state index in [1.54, 1.807) is 23.9 Å². The lowest BCUT2D eigenvalue weighted by Crippen LogP contribution is -2.36. The van der Waals surface area contributed by atoms with Crippen LogP contribution >= 0.6 is 15.9 Å². The third-order valence-corrected chi connectivity index (χ3v) is 5.09. The molecule has 3 aromatic rings. The van der Waals surface area contributed by atoms with Gasteiger partial charge in [-0.25, -0.2) is 14.7 Å². The van der Waals surface area contributed by atoms with Gasteiger partial charge in [0.05, 0.1) is 17.8 Å². The largest absolute Gasteiger partial charge is 0.447 e. The smallest absolute Gasteiger partial charge is 0.417 e. The maximum atomic E-state index is 12.2. The Balaban J connectivity index is 1.55. The van der Waals surface area contributed by atoms with Crippen molar-refractivity contribution in [1.29, 1.82) is 0 Å².